The number of hydrogen-bond donors (Lipinski definition) is 1. The average Bonchev–Trinajstić information content (AvgIpc) is 2.76. The van der Waals surface area contributed by atoms with Gasteiger partial charge in [0.05, 0.1) is 11.9 Å². The Labute approximate surface area is 220 Å². The lowest BCUT2D eigenvalue weighted by molar-refractivity contribution is -0.141. The molecule has 2 rings (SSSR count). The molecule has 0 unspecified atom stereocenters. The van der Waals surface area contributed by atoms with Gasteiger partial charge in [-0.25, -0.2) is 8.42 Å². The Morgan fingerprint density at radius 1 is 1.00 bits per heavy atom. The first kappa shape index (κ1) is 29.6. The van der Waals surface area contributed by atoms with Crippen molar-refractivity contribution in [3.05, 3.63) is 64.7 Å². The maximum atomic E-state index is 13.7. The second kappa shape index (κ2) is 12.1. The summed E-state index contributed by atoms with van der Waals surface area (Å²) in [7, 11) is -3.77. The SMILES string of the molecule is CC[C@@H](C(=O)NC(C)(C)C)N(Cc1ccc(Cl)cc1)C(=O)CN(c1ccc(C(C)C)cc1)S(C)(=O)=O. The highest BCUT2D eigenvalue weighted by Gasteiger charge is 2.33. The Hall–Kier alpha value is -2.58. The first-order valence-electron chi connectivity index (χ1n) is 12.1. The lowest BCUT2D eigenvalue weighted by Gasteiger charge is -2.34. The van der Waals surface area contributed by atoms with Crippen LogP contribution >= 0.6 is 11.6 Å². The predicted octanol–water partition coefficient (Wildman–Crippen LogP) is 4.95. The fraction of sp³-hybridized carbons (Fsp3) is 0.481. The minimum atomic E-state index is -3.77. The van der Waals surface area contributed by atoms with Crippen molar-refractivity contribution in [1.82, 2.24) is 10.2 Å². The zero-order valence-electron chi connectivity index (χ0n) is 22.2. The molecule has 0 saturated carbocycles. The molecule has 2 amide bonds. The molecule has 2 aromatic rings. The molecule has 36 heavy (non-hydrogen) atoms. The van der Waals surface area contributed by atoms with Gasteiger partial charge in [0.15, 0.2) is 0 Å². The number of carbonyl (C=O) groups is 2. The molecule has 1 N–H and O–H groups in total. The molecule has 0 radical (unpaired) electrons. The lowest BCUT2D eigenvalue weighted by atomic mass is 10.0. The fourth-order valence-electron chi connectivity index (χ4n) is 3.80. The number of benzene rings is 2. The molecule has 198 valence electrons. The number of carbonyl (C=O) groups excluding carboxylic acids is 2. The van der Waals surface area contributed by atoms with Crippen LogP contribution in [0.25, 0.3) is 0 Å². The molecule has 7 nitrogen and oxygen atoms in total. The average molecular weight is 536 g/mol. The highest BCUT2D eigenvalue weighted by atomic mass is 35.5. The van der Waals surface area contributed by atoms with Crippen molar-refractivity contribution < 1.29 is 18.0 Å². The van der Waals surface area contributed by atoms with Gasteiger partial charge in [-0.1, -0.05) is 56.6 Å². The first-order valence-corrected chi connectivity index (χ1v) is 14.3. The minimum absolute atomic E-state index is 0.135. The Kier molecular flexibility index (Phi) is 9.97. The third-order valence-corrected chi connectivity index (χ3v) is 7.07. The second-order valence-electron chi connectivity index (χ2n) is 10.3. The van der Waals surface area contributed by atoms with E-state index in [0.717, 1.165) is 21.7 Å². The van der Waals surface area contributed by atoms with Crippen LogP contribution in [0.2, 0.25) is 5.02 Å². The normalized spacial score (nSPS) is 12.8. The third kappa shape index (κ3) is 8.52. The molecule has 0 aliphatic carbocycles. The van der Waals surface area contributed by atoms with E-state index in [1.165, 1.54) is 4.90 Å². The van der Waals surface area contributed by atoms with Gasteiger partial charge >= 0.3 is 0 Å². The third-order valence-electron chi connectivity index (χ3n) is 5.68. The molecule has 0 saturated heterocycles. The summed E-state index contributed by atoms with van der Waals surface area (Å²) in [5.74, 6) is -0.479. The molecule has 0 aromatic heterocycles. The van der Waals surface area contributed by atoms with Gasteiger partial charge in [-0.3, -0.25) is 13.9 Å². The second-order valence-corrected chi connectivity index (χ2v) is 12.7. The molecule has 2 aromatic carbocycles. The van der Waals surface area contributed by atoms with E-state index in [1.807, 2.05) is 39.8 Å². The summed E-state index contributed by atoms with van der Waals surface area (Å²) in [6.45, 7) is 11.3. The van der Waals surface area contributed by atoms with Gasteiger partial charge in [0, 0.05) is 17.1 Å². The Balaban J connectivity index is 2.44. The Bertz CT molecular complexity index is 1140. The van der Waals surface area contributed by atoms with Gasteiger partial charge in [0.2, 0.25) is 21.8 Å². The molecule has 0 fully saturated rings. The highest BCUT2D eigenvalue weighted by Crippen LogP contribution is 2.23. The summed E-state index contributed by atoms with van der Waals surface area (Å²) in [5, 5.41) is 3.50. The van der Waals surface area contributed by atoms with Crippen LogP contribution in [0.15, 0.2) is 48.5 Å². The Morgan fingerprint density at radius 2 is 1.56 bits per heavy atom. The molecule has 0 aliphatic rings. The van der Waals surface area contributed by atoms with Crippen molar-refractivity contribution in [2.24, 2.45) is 0 Å². The van der Waals surface area contributed by atoms with Crippen LogP contribution in [-0.2, 0) is 26.2 Å². The molecular formula is C27H38ClN3O4S. The number of sulfonamides is 1. The maximum Gasteiger partial charge on any atom is 0.244 e. The molecule has 9 heteroatoms. The molecule has 0 spiro atoms. The number of halogens is 1. The van der Waals surface area contributed by atoms with Crippen LogP contribution in [-0.4, -0.2) is 49.5 Å². The van der Waals surface area contributed by atoms with Gasteiger partial charge in [-0.2, -0.15) is 0 Å². The standard InChI is InChI=1S/C27H38ClN3O4S/c1-8-24(26(33)29-27(4,5)6)30(17-20-9-13-22(28)14-10-20)25(32)18-31(36(7,34)35)23-15-11-21(12-16-23)19(2)3/h9-16,19,24H,8,17-18H2,1-7H3,(H,29,33)/t24-/m0/s1. The summed E-state index contributed by atoms with van der Waals surface area (Å²) in [6.07, 6.45) is 1.44. The maximum absolute atomic E-state index is 13.7. The van der Waals surface area contributed by atoms with Gasteiger partial charge in [-0.15, -0.1) is 0 Å². The number of nitrogens with one attached hydrogen (secondary N) is 1. The van der Waals surface area contributed by atoms with E-state index in [4.69, 9.17) is 11.6 Å². The number of amides is 2. The zero-order chi connectivity index (χ0) is 27.3. The quantitative estimate of drug-likeness (QED) is 0.466. The van der Waals surface area contributed by atoms with Crippen molar-refractivity contribution in [2.45, 2.75) is 72.0 Å². The summed E-state index contributed by atoms with van der Waals surface area (Å²) in [4.78, 5) is 28.3. The van der Waals surface area contributed by atoms with Gasteiger partial charge in [-0.05, 0) is 68.5 Å². The van der Waals surface area contributed by atoms with Gasteiger partial charge in [0.1, 0.15) is 12.6 Å². The van der Waals surface area contributed by atoms with E-state index in [1.54, 1.807) is 36.4 Å². The van der Waals surface area contributed by atoms with Gasteiger partial charge in [0.25, 0.3) is 0 Å². The molecule has 1 atom stereocenters. The predicted molar refractivity (Wildman–Crippen MR) is 147 cm³/mol. The summed E-state index contributed by atoms with van der Waals surface area (Å²) in [6, 6.07) is 13.4. The minimum Gasteiger partial charge on any atom is -0.350 e. The van der Waals surface area contributed by atoms with Crippen LogP contribution in [0.4, 0.5) is 5.69 Å². The van der Waals surface area contributed by atoms with Crippen LogP contribution in [0.3, 0.4) is 0 Å². The highest BCUT2D eigenvalue weighted by molar-refractivity contribution is 7.92. The van der Waals surface area contributed by atoms with E-state index >= 15 is 0 Å². The Morgan fingerprint density at radius 3 is 2.00 bits per heavy atom. The number of nitrogens with zero attached hydrogens (tertiary/aromatic N) is 2. The van der Waals surface area contributed by atoms with E-state index < -0.39 is 34.1 Å². The lowest BCUT2D eigenvalue weighted by Crippen LogP contribution is -2.55. The summed E-state index contributed by atoms with van der Waals surface area (Å²) < 4.78 is 26.5. The number of hydrogen-bond acceptors (Lipinski definition) is 4. The number of rotatable bonds is 10. The van der Waals surface area contributed by atoms with Crippen molar-refractivity contribution in [3.63, 3.8) is 0 Å². The first-order chi connectivity index (χ1) is 16.6. The monoisotopic (exact) mass is 535 g/mol. The molecule has 0 heterocycles. The smallest absolute Gasteiger partial charge is 0.244 e. The fourth-order valence-corrected chi connectivity index (χ4v) is 4.77. The number of anilines is 1. The van der Waals surface area contributed by atoms with E-state index in [0.29, 0.717) is 17.1 Å². The summed E-state index contributed by atoms with van der Waals surface area (Å²) in [5.41, 5.74) is 1.75. The molecular weight excluding hydrogens is 498 g/mol. The molecule has 0 aliphatic heterocycles. The summed E-state index contributed by atoms with van der Waals surface area (Å²) >= 11 is 6.02. The van der Waals surface area contributed by atoms with Crippen molar-refractivity contribution in [2.75, 3.05) is 17.1 Å². The van der Waals surface area contributed by atoms with E-state index in [9.17, 15) is 18.0 Å². The van der Waals surface area contributed by atoms with Crippen LogP contribution in [0.1, 0.15) is 65.0 Å². The topological polar surface area (TPSA) is 86.8 Å². The van der Waals surface area contributed by atoms with Crippen LogP contribution in [0, 0.1) is 0 Å². The van der Waals surface area contributed by atoms with E-state index in [-0.39, 0.29) is 18.4 Å². The van der Waals surface area contributed by atoms with Gasteiger partial charge < -0.3 is 10.2 Å². The largest absolute Gasteiger partial charge is 0.350 e. The van der Waals surface area contributed by atoms with Crippen molar-refractivity contribution >= 4 is 39.1 Å². The van der Waals surface area contributed by atoms with Crippen molar-refractivity contribution in [1.29, 1.82) is 0 Å². The molecule has 0 bridgehead atoms. The van der Waals surface area contributed by atoms with Crippen LogP contribution in [0.5, 0.6) is 0 Å². The van der Waals surface area contributed by atoms with E-state index in [2.05, 4.69) is 19.2 Å². The zero-order valence-corrected chi connectivity index (χ0v) is 23.8. The van der Waals surface area contributed by atoms with Crippen LogP contribution < -0.4 is 9.62 Å². The van der Waals surface area contributed by atoms with Crippen molar-refractivity contribution in [3.8, 4) is 0 Å².